The van der Waals surface area contributed by atoms with E-state index < -0.39 is 5.82 Å². The van der Waals surface area contributed by atoms with Crippen molar-refractivity contribution < 1.29 is 4.39 Å². The molecule has 0 fully saturated rings. The number of rotatable bonds is 0. The van der Waals surface area contributed by atoms with Gasteiger partial charge in [-0.1, -0.05) is 34.8 Å². The Kier molecular flexibility index (Phi) is 3.69. The normalized spacial score (nSPS) is 10.5. The fourth-order valence-corrected chi connectivity index (χ4v) is 2.29. The van der Waals surface area contributed by atoms with Crippen LogP contribution in [0.5, 0.6) is 0 Å². The molecule has 0 saturated carbocycles. The van der Waals surface area contributed by atoms with Crippen LogP contribution in [0, 0.1) is 5.82 Å². The van der Waals surface area contributed by atoms with E-state index in [1.807, 2.05) is 0 Å². The molecule has 0 saturated heterocycles. The van der Waals surface area contributed by atoms with Crippen LogP contribution in [0.4, 0.5) is 4.39 Å². The molecule has 0 aliphatic carbocycles. The lowest BCUT2D eigenvalue weighted by atomic mass is 10.3. The fraction of sp³-hybridized carbons (Fsp3) is 0. The van der Waals surface area contributed by atoms with Gasteiger partial charge in [-0.2, -0.15) is 0 Å². The van der Waals surface area contributed by atoms with Gasteiger partial charge in [0.1, 0.15) is 0 Å². The van der Waals surface area contributed by atoms with Gasteiger partial charge >= 0.3 is 0 Å². The van der Waals surface area contributed by atoms with Crippen molar-refractivity contribution in [1.82, 2.24) is 0 Å². The first-order valence-corrected chi connectivity index (χ1v) is 5.35. The summed E-state index contributed by atoms with van der Waals surface area (Å²) in [5.74, 6) is -0.724. The van der Waals surface area contributed by atoms with Crippen molar-refractivity contribution >= 4 is 66.7 Å². The highest BCUT2D eigenvalue weighted by atomic mass is 79.9. The minimum absolute atomic E-state index is 0.0868. The highest BCUT2D eigenvalue weighted by Crippen LogP contribution is 2.42. The van der Waals surface area contributed by atoms with Crippen molar-refractivity contribution in [2.45, 2.75) is 0 Å². The summed E-state index contributed by atoms with van der Waals surface area (Å²) in [7, 11) is 0. The standard InChI is InChI=1S/C6Br2Cl3F/c7-1-2(8)4(10)6(12)5(11)3(1)9. The Bertz CT molecular complexity index is 235. The Labute approximate surface area is 100 Å². The van der Waals surface area contributed by atoms with Crippen LogP contribution in [0.1, 0.15) is 0 Å². The second-order valence-corrected chi connectivity index (χ2v) is 4.60. The van der Waals surface area contributed by atoms with Crippen LogP contribution in [0.25, 0.3) is 0 Å². The molecule has 0 aromatic heterocycles. The molecule has 0 amide bonds. The van der Waals surface area contributed by atoms with Gasteiger partial charge in [-0.05, 0) is 31.9 Å². The summed E-state index contributed by atoms with van der Waals surface area (Å²) < 4.78 is 13.8. The molecule has 66 valence electrons. The lowest BCUT2D eigenvalue weighted by molar-refractivity contribution is 0.627. The monoisotopic (exact) mass is 354 g/mol. The number of halogens is 6. The van der Waals surface area contributed by atoms with E-state index in [-0.39, 0.29) is 15.1 Å². The molecule has 1 aromatic carbocycles. The molecule has 1 aromatic rings. The van der Waals surface area contributed by atoms with Crippen LogP contribution in [-0.4, -0.2) is 0 Å². The summed E-state index contributed by atoms with van der Waals surface area (Å²) in [5.41, 5.74) is 0. The molecule has 0 N–H and O–H groups in total. The zero-order chi connectivity index (χ0) is 9.46. The Morgan fingerprint density at radius 2 is 1.25 bits per heavy atom. The van der Waals surface area contributed by atoms with Crippen LogP contribution < -0.4 is 0 Å². The third kappa shape index (κ3) is 1.75. The fourth-order valence-electron chi connectivity index (χ4n) is 0.578. The summed E-state index contributed by atoms with van der Waals surface area (Å²) >= 11 is 22.9. The maximum absolute atomic E-state index is 13.0. The highest BCUT2D eigenvalue weighted by molar-refractivity contribution is 9.13. The van der Waals surface area contributed by atoms with Gasteiger partial charge in [-0.15, -0.1) is 0 Å². The average Bonchev–Trinajstić information content (AvgIpc) is 2.08. The second-order valence-electron chi connectivity index (χ2n) is 1.88. The first-order valence-electron chi connectivity index (χ1n) is 2.63. The summed E-state index contributed by atoms with van der Waals surface area (Å²) in [6.45, 7) is 0. The molecule has 0 unspecified atom stereocenters. The van der Waals surface area contributed by atoms with Crippen molar-refractivity contribution in [1.29, 1.82) is 0 Å². The van der Waals surface area contributed by atoms with E-state index in [0.29, 0.717) is 8.95 Å². The smallest absolute Gasteiger partial charge is 0.163 e. The van der Waals surface area contributed by atoms with Crippen molar-refractivity contribution in [3.63, 3.8) is 0 Å². The van der Waals surface area contributed by atoms with Gasteiger partial charge in [0.05, 0.1) is 24.0 Å². The van der Waals surface area contributed by atoms with Gasteiger partial charge in [0.15, 0.2) is 5.82 Å². The molecule has 0 heterocycles. The number of hydrogen-bond donors (Lipinski definition) is 0. The minimum atomic E-state index is -0.724. The predicted octanol–water partition coefficient (Wildman–Crippen LogP) is 5.31. The minimum Gasteiger partial charge on any atom is -0.204 e. The lowest BCUT2D eigenvalue weighted by Crippen LogP contribution is -1.85. The Hall–Kier alpha value is 0.980. The Morgan fingerprint density at radius 1 is 0.833 bits per heavy atom. The Morgan fingerprint density at radius 3 is 1.75 bits per heavy atom. The van der Waals surface area contributed by atoms with Crippen LogP contribution in [-0.2, 0) is 0 Å². The number of benzene rings is 1. The van der Waals surface area contributed by atoms with Crippen LogP contribution in [0.15, 0.2) is 8.95 Å². The van der Waals surface area contributed by atoms with E-state index in [0.717, 1.165) is 0 Å². The molecule has 1 rings (SSSR count). The molecule has 0 atom stereocenters. The first kappa shape index (κ1) is 11.1. The maximum Gasteiger partial charge on any atom is 0.163 e. The van der Waals surface area contributed by atoms with E-state index in [1.165, 1.54) is 0 Å². The van der Waals surface area contributed by atoms with Crippen LogP contribution in [0.3, 0.4) is 0 Å². The molecular weight excluding hydrogens is 357 g/mol. The molecule has 0 bridgehead atoms. The quantitative estimate of drug-likeness (QED) is 0.436. The second kappa shape index (κ2) is 4.01. The molecule has 0 aliphatic heterocycles. The number of hydrogen-bond acceptors (Lipinski definition) is 0. The third-order valence-electron chi connectivity index (χ3n) is 1.16. The van der Waals surface area contributed by atoms with Crippen molar-refractivity contribution in [3.05, 3.63) is 29.8 Å². The summed E-state index contributed by atoms with van der Waals surface area (Å²) in [6.07, 6.45) is 0. The van der Waals surface area contributed by atoms with Crippen LogP contribution in [0.2, 0.25) is 15.1 Å². The van der Waals surface area contributed by atoms with E-state index in [9.17, 15) is 4.39 Å². The zero-order valence-electron chi connectivity index (χ0n) is 5.27. The molecule has 0 aliphatic rings. The molecule has 12 heavy (non-hydrogen) atoms. The van der Waals surface area contributed by atoms with E-state index in [1.54, 1.807) is 0 Å². The van der Waals surface area contributed by atoms with Gasteiger partial charge in [0.2, 0.25) is 0 Å². The topological polar surface area (TPSA) is 0 Å². The average molecular weight is 357 g/mol. The van der Waals surface area contributed by atoms with Crippen molar-refractivity contribution in [2.24, 2.45) is 0 Å². The summed E-state index contributed by atoms with van der Waals surface area (Å²) in [4.78, 5) is 0. The van der Waals surface area contributed by atoms with Crippen molar-refractivity contribution in [2.75, 3.05) is 0 Å². The molecule has 0 radical (unpaired) electrons. The van der Waals surface area contributed by atoms with Gasteiger partial charge in [0, 0.05) is 0 Å². The van der Waals surface area contributed by atoms with Gasteiger partial charge in [0.25, 0.3) is 0 Å². The highest BCUT2D eigenvalue weighted by Gasteiger charge is 2.17. The van der Waals surface area contributed by atoms with Crippen molar-refractivity contribution in [3.8, 4) is 0 Å². The largest absolute Gasteiger partial charge is 0.204 e. The Balaban J connectivity index is 3.60. The van der Waals surface area contributed by atoms with Gasteiger partial charge < -0.3 is 0 Å². The van der Waals surface area contributed by atoms with E-state index in [4.69, 9.17) is 34.8 Å². The lowest BCUT2D eigenvalue weighted by Gasteiger charge is -2.05. The first-order chi connectivity index (χ1) is 5.46. The molecular formula is C6Br2Cl3F. The summed E-state index contributed by atoms with van der Waals surface area (Å²) in [5, 5.41) is -0.168. The SMILES string of the molecule is Fc1c(Cl)c(Cl)c(Br)c(Br)c1Cl. The van der Waals surface area contributed by atoms with Gasteiger partial charge in [-0.25, -0.2) is 4.39 Å². The van der Waals surface area contributed by atoms with E-state index in [2.05, 4.69) is 31.9 Å². The van der Waals surface area contributed by atoms with Gasteiger partial charge in [-0.3, -0.25) is 0 Å². The maximum atomic E-state index is 13.0. The molecule has 0 spiro atoms. The van der Waals surface area contributed by atoms with Crippen LogP contribution >= 0.6 is 66.7 Å². The third-order valence-corrected chi connectivity index (χ3v) is 4.92. The zero-order valence-corrected chi connectivity index (χ0v) is 10.7. The molecule has 6 heteroatoms. The van der Waals surface area contributed by atoms with E-state index >= 15 is 0 Å². The predicted molar refractivity (Wildman–Crippen MR) is 56.8 cm³/mol. The molecule has 0 nitrogen and oxygen atoms in total. The summed E-state index contributed by atoms with van der Waals surface area (Å²) in [6, 6.07) is 0.